The van der Waals surface area contributed by atoms with Crippen molar-refractivity contribution in [3.8, 4) is 0 Å². The summed E-state index contributed by atoms with van der Waals surface area (Å²) in [5, 5.41) is 1.98. The quantitative estimate of drug-likeness (QED) is 0.718. The number of sulfonamides is 1. The van der Waals surface area contributed by atoms with Crippen molar-refractivity contribution in [3.05, 3.63) is 60.2 Å². The van der Waals surface area contributed by atoms with E-state index in [1.165, 1.54) is 28.8 Å². The van der Waals surface area contributed by atoms with Gasteiger partial charge in [0, 0.05) is 31.4 Å². The normalized spacial score (nSPS) is 17.5. The first-order chi connectivity index (χ1) is 14.1. The van der Waals surface area contributed by atoms with Gasteiger partial charge in [-0.3, -0.25) is 9.78 Å². The van der Waals surface area contributed by atoms with Crippen LogP contribution in [0.3, 0.4) is 0 Å². The van der Waals surface area contributed by atoms with Crippen molar-refractivity contribution in [2.24, 2.45) is 5.92 Å². The zero-order valence-electron chi connectivity index (χ0n) is 15.6. The van der Waals surface area contributed by atoms with Crippen LogP contribution in [0.5, 0.6) is 0 Å². The Morgan fingerprint density at radius 1 is 1.13 bits per heavy atom. The molecule has 1 aromatic carbocycles. The maximum absolute atomic E-state index is 13.4. The number of carbonyl (C=O) groups excluding carboxylic acids is 1. The van der Waals surface area contributed by atoms with Crippen molar-refractivity contribution in [1.29, 1.82) is 0 Å². The van der Waals surface area contributed by atoms with E-state index in [1.54, 1.807) is 0 Å². The number of carbonyl (C=O) groups is 1. The zero-order chi connectivity index (χ0) is 21.9. The van der Waals surface area contributed by atoms with Crippen molar-refractivity contribution in [2.75, 3.05) is 13.1 Å². The Kier molecular flexibility index (Phi) is 6.41. The Balaban J connectivity index is 1.66. The molecule has 1 N–H and O–H groups in total. The van der Waals surface area contributed by atoms with Crippen LogP contribution in [0.15, 0.2) is 53.7 Å². The number of amides is 1. The number of benzene rings is 1. The van der Waals surface area contributed by atoms with E-state index in [0.29, 0.717) is 0 Å². The topological polar surface area (TPSA) is 79.4 Å². The Labute approximate surface area is 171 Å². The smallest absolute Gasteiger partial charge is 0.341 e. The Bertz CT molecular complexity index is 974. The number of pyridine rings is 1. The van der Waals surface area contributed by atoms with Gasteiger partial charge in [0.25, 0.3) is 0 Å². The summed E-state index contributed by atoms with van der Waals surface area (Å²) in [5.74, 6) is -2.27. The minimum atomic E-state index is -4.77. The molecule has 2 aromatic rings. The fraction of sp³-hybridized carbons (Fsp3) is 0.368. The van der Waals surface area contributed by atoms with Gasteiger partial charge in [-0.1, -0.05) is 12.1 Å². The van der Waals surface area contributed by atoms with Gasteiger partial charge in [0.15, 0.2) is 6.04 Å². The van der Waals surface area contributed by atoms with E-state index >= 15 is 0 Å². The summed E-state index contributed by atoms with van der Waals surface area (Å²) >= 11 is 0. The largest absolute Gasteiger partial charge is 0.412 e. The maximum Gasteiger partial charge on any atom is 0.412 e. The molecule has 1 aliphatic rings. The number of nitrogens with zero attached hydrogens (tertiary/aromatic N) is 2. The molecule has 0 saturated carbocycles. The second-order valence-corrected chi connectivity index (χ2v) is 8.84. The molecule has 162 valence electrons. The predicted octanol–water partition coefficient (Wildman–Crippen LogP) is 3.04. The van der Waals surface area contributed by atoms with Gasteiger partial charge in [-0.25, -0.2) is 12.8 Å². The SMILES string of the molecule is O=C(NC(c1ccc(F)cc1)C(F)(F)F)C1CCN(S(=O)(=O)c2cccnc2)CC1. The third-order valence-corrected chi connectivity index (χ3v) is 6.80. The number of aromatic nitrogens is 1. The number of nitrogens with one attached hydrogen (secondary N) is 1. The first-order valence-corrected chi connectivity index (χ1v) is 10.6. The Morgan fingerprint density at radius 3 is 2.30 bits per heavy atom. The minimum absolute atomic E-state index is 0.00253. The van der Waals surface area contributed by atoms with Crippen molar-refractivity contribution in [2.45, 2.75) is 30.0 Å². The molecule has 1 aliphatic heterocycles. The standard InChI is InChI=1S/C19H19F4N3O3S/c20-15-5-3-13(4-6-15)17(19(21,22)23)25-18(27)14-7-10-26(11-8-14)30(28,29)16-2-1-9-24-12-16/h1-6,9,12,14,17H,7-8,10-11H2,(H,25,27). The highest BCUT2D eigenvalue weighted by molar-refractivity contribution is 7.89. The van der Waals surface area contributed by atoms with Crippen LogP contribution in [0.4, 0.5) is 17.6 Å². The number of rotatable bonds is 5. The lowest BCUT2D eigenvalue weighted by molar-refractivity contribution is -0.165. The molecule has 30 heavy (non-hydrogen) atoms. The van der Waals surface area contributed by atoms with Gasteiger partial charge in [-0.15, -0.1) is 0 Å². The summed E-state index contributed by atoms with van der Waals surface area (Å²) in [7, 11) is -3.78. The number of alkyl halides is 3. The lowest BCUT2D eigenvalue weighted by Crippen LogP contribution is -2.46. The number of piperidine rings is 1. The van der Waals surface area contributed by atoms with Gasteiger partial charge in [0.1, 0.15) is 10.7 Å². The highest BCUT2D eigenvalue weighted by Crippen LogP contribution is 2.34. The molecule has 1 unspecified atom stereocenters. The Morgan fingerprint density at radius 2 is 1.77 bits per heavy atom. The van der Waals surface area contributed by atoms with E-state index in [0.717, 1.165) is 24.3 Å². The first-order valence-electron chi connectivity index (χ1n) is 9.12. The van der Waals surface area contributed by atoms with Crippen molar-refractivity contribution in [3.63, 3.8) is 0 Å². The van der Waals surface area contributed by atoms with Crippen molar-refractivity contribution < 1.29 is 30.8 Å². The van der Waals surface area contributed by atoms with Gasteiger partial charge < -0.3 is 5.32 Å². The van der Waals surface area contributed by atoms with E-state index in [-0.39, 0.29) is 36.4 Å². The number of hydrogen-bond donors (Lipinski definition) is 1. The second-order valence-electron chi connectivity index (χ2n) is 6.90. The van der Waals surface area contributed by atoms with Gasteiger partial charge in [-0.05, 0) is 42.7 Å². The Hall–Kier alpha value is -2.53. The van der Waals surface area contributed by atoms with Crippen LogP contribution >= 0.6 is 0 Å². The van der Waals surface area contributed by atoms with Crippen LogP contribution in [-0.2, 0) is 14.8 Å². The monoisotopic (exact) mass is 445 g/mol. The molecule has 11 heteroatoms. The van der Waals surface area contributed by atoms with E-state index in [9.17, 15) is 30.8 Å². The molecule has 2 heterocycles. The molecule has 0 aliphatic carbocycles. The average Bonchev–Trinajstić information content (AvgIpc) is 2.72. The van der Waals surface area contributed by atoms with E-state index in [1.807, 2.05) is 5.32 Å². The summed E-state index contributed by atoms with van der Waals surface area (Å²) < 4.78 is 79.7. The lowest BCUT2D eigenvalue weighted by Gasteiger charge is -2.31. The molecule has 1 atom stereocenters. The van der Waals surface area contributed by atoms with Gasteiger partial charge in [-0.2, -0.15) is 17.5 Å². The highest BCUT2D eigenvalue weighted by atomic mass is 32.2. The molecule has 1 amide bonds. The molecule has 1 saturated heterocycles. The van der Waals surface area contributed by atoms with Crippen LogP contribution in [0.25, 0.3) is 0 Å². The third-order valence-electron chi connectivity index (χ3n) is 4.91. The molecular formula is C19H19F4N3O3S. The van der Waals surface area contributed by atoms with Crippen molar-refractivity contribution in [1.82, 2.24) is 14.6 Å². The maximum atomic E-state index is 13.4. The number of hydrogen-bond acceptors (Lipinski definition) is 4. The molecule has 0 bridgehead atoms. The molecular weight excluding hydrogens is 426 g/mol. The van der Waals surface area contributed by atoms with Crippen LogP contribution in [0, 0.1) is 11.7 Å². The first kappa shape index (κ1) is 22.2. The van der Waals surface area contributed by atoms with E-state index < -0.39 is 39.9 Å². The van der Waals surface area contributed by atoms with Crippen LogP contribution in [0.1, 0.15) is 24.4 Å². The molecule has 6 nitrogen and oxygen atoms in total. The van der Waals surface area contributed by atoms with Gasteiger partial charge >= 0.3 is 6.18 Å². The van der Waals surface area contributed by atoms with E-state index in [2.05, 4.69) is 4.98 Å². The fourth-order valence-corrected chi connectivity index (χ4v) is 4.71. The average molecular weight is 445 g/mol. The fourth-order valence-electron chi connectivity index (χ4n) is 3.28. The molecule has 3 rings (SSSR count). The zero-order valence-corrected chi connectivity index (χ0v) is 16.5. The highest BCUT2D eigenvalue weighted by Gasteiger charge is 2.43. The van der Waals surface area contributed by atoms with Gasteiger partial charge in [0.05, 0.1) is 0 Å². The summed E-state index contributed by atoms with van der Waals surface area (Å²) in [6, 6.07) is 4.33. The van der Waals surface area contributed by atoms with Crippen LogP contribution < -0.4 is 5.32 Å². The summed E-state index contributed by atoms with van der Waals surface area (Å²) in [4.78, 5) is 16.3. The van der Waals surface area contributed by atoms with Crippen LogP contribution in [-0.4, -0.2) is 42.9 Å². The molecule has 0 radical (unpaired) electrons. The minimum Gasteiger partial charge on any atom is -0.341 e. The summed E-state index contributed by atoms with van der Waals surface area (Å²) in [6.45, 7) is 0.00505. The predicted molar refractivity (Wildman–Crippen MR) is 99.1 cm³/mol. The third kappa shape index (κ3) is 4.96. The molecule has 1 aromatic heterocycles. The van der Waals surface area contributed by atoms with E-state index in [4.69, 9.17) is 0 Å². The molecule has 0 spiro atoms. The second kappa shape index (κ2) is 8.68. The summed E-state index contributed by atoms with van der Waals surface area (Å²) in [6.07, 6.45) is -1.95. The lowest BCUT2D eigenvalue weighted by atomic mass is 9.96. The molecule has 1 fully saturated rings. The number of halogens is 4. The summed E-state index contributed by atoms with van der Waals surface area (Å²) in [5.41, 5.74) is -0.283. The van der Waals surface area contributed by atoms with Gasteiger partial charge in [0.2, 0.25) is 15.9 Å². The van der Waals surface area contributed by atoms with Crippen LogP contribution in [0.2, 0.25) is 0 Å². The van der Waals surface area contributed by atoms with Crippen molar-refractivity contribution >= 4 is 15.9 Å².